The van der Waals surface area contributed by atoms with E-state index in [9.17, 15) is 0 Å². The van der Waals surface area contributed by atoms with Gasteiger partial charge in [-0.25, -0.2) is 0 Å². The highest BCUT2D eigenvalue weighted by atomic mass is 15.3. The van der Waals surface area contributed by atoms with Crippen molar-refractivity contribution in [2.75, 3.05) is 13.1 Å². The van der Waals surface area contributed by atoms with E-state index in [0.717, 1.165) is 12.1 Å². The fourth-order valence-electron chi connectivity index (χ4n) is 4.02. The first-order valence-corrected chi connectivity index (χ1v) is 10.3. The first-order chi connectivity index (χ1) is 10.7. The zero-order valence-electron chi connectivity index (χ0n) is 19.1. The van der Waals surface area contributed by atoms with Crippen LogP contribution in [0.5, 0.6) is 0 Å². The lowest BCUT2D eigenvalue weighted by Crippen LogP contribution is -2.61. The molecular formula is C22H48N2. The fraction of sp³-hybridized carbons (Fsp3) is 1.00. The molecule has 0 bridgehead atoms. The van der Waals surface area contributed by atoms with E-state index < -0.39 is 0 Å². The Balaban J connectivity index is 0.000000405. The van der Waals surface area contributed by atoms with E-state index >= 15 is 0 Å². The molecule has 24 heavy (non-hydrogen) atoms. The second-order valence-corrected chi connectivity index (χ2v) is 10.4. The molecule has 0 aliphatic carbocycles. The minimum atomic E-state index is 0.357. The SMILES string of the molecule is CC.CC(C)(C)C1CCN1C(C)(C)C.C[C@@H]1CCCN1C(C)(C)C. The van der Waals surface area contributed by atoms with Gasteiger partial charge < -0.3 is 0 Å². The molecule has 2 fully saturated rings. The van der Waals surface area contributed by atoms with Crippen LogP contribution in [0.3, 0.4) is 0 Å². The van der Waals surface area contributed by atoms with E-state index in [-0.39, 0.29) is 0 Å². The van der Waals surface area contributed by atoms with Crippen molar-refractivity contribution < 1.29 is 0 Å². The van der Waals surface area contributed by atoms with Crippen LogP contribution in [0.2, 0.25) is 0 Å². The van der Waals surface area contributed by atoms with Crippen molar-refractivity contribution in [3.05, 3.63) is 0 Å². The van der Waals surface area contributed by atoms with Crippen LogP contribution in [0.25, 0.3) is 0 Å². The predicted octanol–water partition coefficient (Wildman–Crippen LogP) is 6.20. The van der Waals surface area contributed by atoms with Gasteiger partial charge in [0, 0.05) is 29.7 Å². The predicted molar refractivity (Wildman–Crippen MR) is 111 cm³/mol. The van der Waals surface area contributed by atoms with Crippen molar-refractivity contribution in [2.45, 2.75) is 126 Å². The van der Waals surface area contributed by atoms with Gasteiger partial charge in [0.2, 0.25) is 0 Å². The molecule has 1 unspecified atom stereocenters. The molecule has 2 saturated heterocycles. The van der Waals surface area contributed by atoms with Crippen LogP contribution in [0.1, 0.15) is 102 Å². The highest BCUT2D eigenvalue weighted by Crippen LogP contribution is 2.38. The second-order valence-electron chi connectivity index (χ2n) is 10.4. The summed E-state index contributed by atoms with van der Waals surface area (Å²) >= 11 is 0. The first kappa shape index (κ1) is 23.9. The molecule has 0 amide bonds. The molecule has 0 aromatic carbocycles. The van der Waals surface area contributed by atoms with Crippen molar-refractivity contribution >= 4 is 0 Å². The van der Waals surface area contributed by atoms with Gasteiger partial charge in [0.05, 0.1) is 0 Å². The number of likely N-dealkylation sites (tertiary alicyclic amines) is 2. The molecule has 2 nitrogen and oxygen atoms in total. The molecule has 146 valence electrons. The molecule has 2 rings (SSSR count). The third-order valence-corrected chi connectivity index (χ3v) is 5.30. The van der Waals surface area contributed by atoms with E-state index in [1.165, 1.54) is 32.4 Å². The Morgan fingerprint density at radius 3 is 1.25 bits per heavy atom. The molecule has 2 aliphatic heterocycles. The van der Waals surface area contributed by atoms with Gasteiger partial charge in [-0.05, 0) is 79.7 Å². The summed E-state index contributed by atoms with van der Waals surface area (Å²) in [4.78, 5) is 5.21. The monoisotopic (exact) mass is 340 g/mol. The first-order valence-electron chi connectivity index (χ1n) is 10.3. The van der Waals surface area contributed by atoms with Gasteiger partial charge in [0.25, 0.3) is 0 Å². The summed E-state index contributed by atoms with van der Waals surface area (Å²) in [6.07, 6.45) is 4.15. The standard InChI is InChI=1S/C11H23N.C9H19N.C2H6/c1-10(2,3)9-7-8-12(9)11(4,5)6;1-8-6-5-7-10(8)9(2,3)4;1-2/h9H,7-8H2,1-6H3;8H,5-7H2,1-4H3;1-2H3/t;8-;/m.1./s1. The number of hydrogen-bond donors (Lipinski definition) is 0. The summed E-state index contributed by atoms with van der Waals surface area (Å²) in [6.45, 7) is 29.8. The summed E-state index contributed by atoms with van der Waals surface area (Å²) in [5, 5.41) is 0. The quantitative estimate of drug-likeness (QED) is 0.518. The van der Waals surface area contributed by atoms with Gasteiger partial charge in [-0.2, -0.15) is 0 Å². The smallest absolute Gasteiger partial charge is 0.0161 e. The highest BCUT2D eigenvalue weighted by molar-refractivity contribution is 4.97. The van der Waals surface area contributed by atoms with Crippen molar-refractivity contribution in [2.24, 2.45) is 5.41 Å². The van der Waals surface area contributed by atoms with Crippen LogP contribution in [-0.4, -0.2) is 46.1 Å². The zero-order valence-corrected chi connectivity index (χ0v) is 19.1. The molecule has 2 heteroatoms. The summed E-state index contributed by atoms with van der Waals surface area (Å²) in [7, 11) is 0. The lowest BCUT2D eigenvalue weighted by molar-refractivity contribution is -0.0530. The molecule has 2 atom stereocenters. The van der Waals surface area contributed by atoms with E-state index in [0.29, 0.717) is 16.5 Å². The summed E-state index contributed by atoms with van der Waals surface area (Å²) < 4.78 is 0. The lowest BCUT2D eigenvalue weighted by Gasteiger charge is -2.55. The van der Waals surface area contributed by atoms with E-state index in [1.807, 2.05) is 13.8 Å². The molecular weight excluding hydrogens is 292 g/mol. The normalized spacial score (nSPS) is 26.0. The average Bonchev–Trinajstić information content (AvgIpc) is 2.72. The third kappa shape index (κ3) is 7.04. The second kappa shape index (κ2) is 9.03. The van der Waals surface area contributed by atoms with Crippen LogP contribution >= 0.6 is 0 Å². The topological polar surface area (TPSA) is 6.48 Å². The minimum absolute atomic E-state index is 0.357. The van der Waals surface area contributed by atoms with Crippen LogP contribution in [-0.2, 0) is 0 Å². The minimum Gasteiger partial charge on any atom is -0.296 e. The fourth-order valence-corrected chi connectivity index (χ4v) is 4.02. The maximum atomic E-state index is 2.62. The van der Waals surface area contributed by atoms with Crippen LogP contribution in [0, 0.1) is 5.41 Å². The van der Waals surface area contributed by atoms with E-state index in [4.69, 9.17) is 0 Å². The molecule has 0 aromatic heterocycles. The average molecular weight is 341 g/mol. The number of rotatable bonds is 0. The molecule has 0 saturated carbocycles. The van der Waals surface area contributed by atoms with Gasteiger partial charge in [-0.15, -0.1) is 0 Å². The number of nitrogens with zero attached hydrogens (tertiary/aromatic N) is 2. The Labute approximate surface area is 154 Å². The molecule has 0 N–H and O–H groups in total. The maximum absolute atomic E-state index is 2.62. The van der Waals surface area contributed by atoms with Gasteiger partial charge in [-0.3, -0.25) is 9.80 Å². The highest BCUT2D eigenvalue weighted by Gasteiger charge is 2.42. The molecule has 2 heterocycles. The van der Waals surface area contributed by atoms with Gasteiger partial charge in [0.15, 0.2) is 0 Å². The summed E-state index contributed by atoms with van der Waals surface area (Å²) in [5.41, 5.74) is 1.19. The molecule has 2 aliphatic rings. The van der Waals surface area contributed by atoms with E-state index in [1.54, 1.807) is 0 Å². The van der Waals surface area contributed by atoms with Crippen LogP contribution in [0.4, 0.5) is 0 Å². The largest absolute Gasteiger partial charge is 0.296 e. The van der Waals surface area contributed by atoms with Crippen LogP contribution in [0.15, 0.2) is 0 Å². The van der Waals surface area contributed by atoms with Gasteiger partial charge in [-0.1, -0.05) is 34.6 Å². The van der Waals surface area contributed by atoms with Gasteiger partial charge in [0.1, 0.15) is 0 Å². The zero-order chi connectivity index (χ0) is 19.3. The number of hydrogen-bond acceptors (Lipinski definition) is 2. The van der Waals surface area contributed by atoms with Crippen molar-refractivity contribution in [3.63, 3.8) is 0 Å². The third-order valence-electron chi connectivity index (χ3n) is 5.30. The Morgan fingerprint density at radius 1 is 0.667 bits per heavy atom. The molecule has 0 spiro atoms. The van der Waals surface area contributed by atoms with Crippen molar-refractivity contribution in [3.8, 4) is 0 Å². The lowest BCUT2D eigenvalue weighted by atomic mass is 9.76. The maximum Gasteiger partial charge on any atom is 0.0161 e. The van der Waals surface area contributed by atoms with Crippen molar-refractivity contribution in [1.82, 2.24) is 9.80 Å². The van der Waals surface area contributed by atoms with Crippen molar-refractivity contribution in [1.29, 1.82) is 0 Å². The van der Waals surface area contributed by atoms with Crippen LogP contribution < -0.4 is 0 Å². The molecule has 0 radical (unpaired) electrons. The molecule has 0 aromatic rings. The Kier molecular flexibility index (Phi) is 9.00. The Morgan fingerprint density at radius 2 is 1.12 bits per heavy atom. The van der Waals surface area contributed by atoms with E-state index in [2.05, 4.69) is 79.0 Å². The van der Waals surface area contributed by atoms with Gasteiger partial charge >= 0.3 is 0 Å². The summed E-state index contributed by atoms with van der Waals surface area (Å²) in [6, 6.07) is 1.59. The summed E-state index contributed by atoms with van der Waals surface area (Å²) in [5.74, 6) is 0. The Hall–Kier alpha value is -0.0800. The Bertz CT molecular complexity index is 320.